The molecule has 0 radical (unpaired) electrons. The lowest BCUT2D eigenvalue weighted by Gasteiger charge is -2.03. The van der Waals surface area contributed by atoms with Crippen molar-refractivity contribution >= 4 is 28.1 Å². The number of halogens is 1. The second-order valence-electron chi connectivity index (χ2n) is 3.41. The highest BCUT2D eigenvalue weighted by Gasteiger charge is 1.97. The van der Waals surface area contributed by atoms with E-state index in [1.807, 2.05) is 17.9 Å². The normalized spacial score (nSPS) is 10.6. The number of nitrogens with one attached hydrogen (secondary N) is 1. The van der Waals surface area contributed by atoms with Crippen LogP contribution in [0, 0.1) is 0 Å². The summed E-state index contributed by atoms with van der Waals surface area (Å²) in [6.07, 6.45) is 7.86. The standard InChI is InChI=1S/C10H13ClN4S/c11-9-7-16-10(14-9)13-3-1-2-5-15-6-4-12-8-15/h4,6-8H,1-3,5H2,(H,13,14). The molecule has 0 saturated carbocycles. The summed E-state index contributed by atoms with van der Waals surface area (Å²) in [6, 6.07) is 0. The fourth-order valence-electron chi connectivity index (χ4n) is 1.37. The Hall–Kier alpha value is -1.07. The summed E-state index contributed by atoms with van der Waals surface area (Å²) in [5.74, 6) is 0. The number of imidazole rings is 1. The average molecular weight is 257 g/mol. The molecule has 2 heterocycles. The molecule has 0 spiro atoms. The molecule has 16 heavy (non-hydrogen) atoms. The second-order valence-corrected chi connectivity index (χ2v) is 4.66. The van der Waals surface area contributed by atoms with E-state index in [-0.39, 0.29) is 0 Å². The van der Waals surface area contributed by atoms with Crippen LogP contribution in [0.15, 0.2) is 24.1 Å². The Bertz CT molecular complexity index is 412. The number of hydrogen-bond acceptors (Lipinski definition) is 4. The Morgan fingerprint density at radius 3 is 3.06 bits per heavy atom. The van der Waals surface area contributed by atoms with Crippen LogP contribution in [0.4, 0.5) is 5.13 Å². The summed E-state index contributed by atoms with van der Waals surface area (Å²) in [5.41, 5.74) is 0. The molecule has 0 unspecified atom stereocenters. The van der Waals surface area contributed by atoms with Crippen molar-refractivity contribution in [1.29, 1.82) is 0 Å². The van der Waals surface area contributed by atoms with E-state index in [4.69, 9.17) is 11.6 Å². The van der Waals surface area contributed by atoms with Crippen LogP contribution < -0.4 is 5.32 Å². The smallest absolute Gasteiger partial charge is 0.184 e. The van der Waals surface area contributed by atoms with Crippen LogP contribution in [-0.4, -0.2) is 21.1 Å². The van der Waals surface area contributed by atoms with Crippen LogP contribution in [-0.2, 0) is 6.54 Å². The molecule has 0 aliphatic heterocycles. The van der Waals surface area contributed by atoms with Crippen LogP contribution in [0.1, 0.15) is 12.8 Å². The van der Waals surface area contributed by atoms with Crippen molar-refractivity contribution in [3.63, 3.8) is 0 Å². The van der Waals surface area contributed by atoms with Crippen LogP contribution in [0.5, 0.6) is 0 Å². The van der Waals surface area contributed by atoms with Gasteiger partial charge in [0.05, 0.1) is 6.33 Å². The van der Waals surface area contributed by atoms with Gasteiger partial charge in [-0.15, -0.1) is 11.3 Å². The van der Waals surface area contributed by atoms with Gasteiger partial charge in [0.25, 0.3) is 0 Å². The molecule has 2 aromatic rings. The molecule has 86 valence electrons. The van der Waals surface area contributed by atoms with Crippen molar-refractivity contribution in [2.24, 2.45) is 0 Å². The van der Waals surface area contributed by atoms with Gasteiger partial charge in [-0.25, -0.2) is 9.97 Å². The van der Waals surface area contributed by atoms with E-state index in [0.29, 0.717) is 5.15 Å². The van der Waals surface area contributed by atoms with E-state index >= 15 is 0 Å². The van der Waals surface area contributed by atoms with Crippen molar-refractivity contribution in [3.05, 3.63) is 29.3 Å². The van der Waals surface area contributed by atoms with Gasteiger partial charge in [0.15, 0.2) is 5.13 Å². The lowest BCUT2D eigenvalue weighted by atomic mass is 10.3. The van der Waals surface area contributed by atoms with E-state index in [1.165, 1.54) is 11.3 Å². The summed E-state index contributed by atoms with van der Waals surface area (Å²) < 4.78 is 2.08. The highest BCUT2D eigenvalue weighted by atomic mass is 35.5. The van der Waals surface area contributed by atoms with Crippen LogP contribution >= 0.6 is 22.9 Å². The fraction of sp³-hybridized carbons (Fsp3) is 0.400. The maximum Gasteiger partial charge on any atom is 0.184 e. The van der Waals surface area contributed by atoms with Crippen molar-refractivity contribution < 1.29 is 0 Å². The summed E-state index contributed by atoms with van der Waals surface area (Å²) in [6.45, 7) is 1.94. The highest BCUT2D eigenvalue weighted by Crippen LogP contribution is 2.18. The molecule has 0 amide bonds. The molecule has 0 aliphatic rings. The summed E-state index contributed by atoms with van der Waals surface area (Å²) in [4.78, 5) is 8.11. The number of hydrogen-bond donors (Lipinski definition) is 1. The molecule has 2 rings (SSSR count). The fourth-order valence-corrected chi connectivity index (χ4v) is 2.24. The van der Waals surface area contributed by atoms with Crippen molar-refractivity contribution in [3.8, 4) is 0 Å². The topological polar surface area (TPSA) is 42.7 Å². The summed E-state index contributed by atoms with van der Waals surface area (Å²) in [5, 5.41) is 6.53. The lowest BCUT2D eigenvalue weighted by molar-refractivity contribution is 0.621. The Kier molecular flexibility index (Phi) is 4.18. The molecular formula is C10H13ClN4S. The predicted octanol–water partition coefficient (Wildman–Crippen LogP) is 2.89. The molecular weight excluding hydrogens is 244 g/mol. The van der Waals surface area contributed by atoms with Gasteiger partial charge < -0.3 is 9.88 Å². The lowest BCUT2D eigenvalue weighted by Crippen LogP contribution is -2.03. The Morgan fingerprint density at radius 2 is 2.38 bits per heavy atom. The van der Waals surface area contributed by atoms with E-state index in [9.17, 15) is 0 Å². The molecule has 6 heteroatoms. The first kappa shape index (κ1) is 11.4. The third kappa shape index (κ3) is 3.50. The SMILES string of the molecule is Clc1csc(NCCCCn2ccnc2)n1. The molecule has 1 N–H and O–H groups in total. The first-order chi connectivity index (χ1) is 7.84. The molecule has 2 aromatic heterocycles. The molecule has 0 atom stereocenters. The Morgan fingerprint density at radius 1 is 1.44 bits per heavy atom. The second kappa shape index (κ2) is 5.86. The molecule has 4 nitrogen and oxygen atoms in total. The van der Waals surface area contributed by atoms with Gasteiger partial charge in [-0.2, -0.15) is 0 Å². The predicted molar refractivity (Wildman–Crippen MR) is 67.1 cm³/mol. The van der Waals surface area contributed by atoms with E-state index in [0.717, 1.165) is 31.1 Å². The number of rotatable bonds is 6. The third-order valence-electron chi connectivity index (χ3n) is 2.15. The minimum absolute atomic E-state index is 0.561. The van der Waals surface area contributed by atoms with Crippen LogP contribution in [0.25, 0.3) is 0 Å². The quantitative estimate of drug-likeness (QED) is 0.809. The first-order valence-corrected chi connectivity index (χ1v) is 6.41. The average Bonchev–Trinajstić information content (AvgIpc) is 2.89. The number of anilines is 1. The Balaban J connectivity index is 1.59. The van der Waals surface area contributed by atoms with Gasteiger partial charge in [0.2, 0.25) is 0 Å². The number of aryl methyl sites for hydroxylation is 1. The van der Waals surface area contributed by atoms with Gasteiger partial charge in [-0.3, -0.25) is 0 Å². The van der Waals surface area contributed by atoms with E-state index in [2.05, 4.69) is 19.9 Å². The van der Waals surface area contributed by atoms with Gasteiger partial charge in [0.1, 0.15) is 5.15 Å². The van der Waals surface area contributed by atoms with Crippen molar-refractivity contribution in [2.45, 2.75) is 19.4 Å². The van der Waals surface area contributed by atoms with E-state index in [1.54, 1.807) is 6.20 Å². The van der Waals surface area contributed by atoms with E-state index < -0.39 is 0 Å². The molecule has 0 saturated heterocycles. The summed E-state index contributed by atoms with van der Waals surface area (Å²) in [7, 11) is 0. The maximum absolute atomic E-state index is 5.72. The zero-order valence-electron chi connectivity index (χ0n) is 8.77. The maximum atomic E-state index is 5.72. The number of thiazole rings is 1. The van der Waals surface area contributed by atoms with Gasteiger partial charge in [-0.1, -0.05) is 11.6 Å². The number of nitrogens with zero attached hydrogens (tertiary/aromatic N) is 3. The molecule has 0 bridgehead atoms. The van der Waals surface area contributed by atoms with Gasteiger partial charge in [0, 0.05) is 30.9 Å². The number of aromatic nitrogens is 3. The van der Waals surface area contributed by atoms with Crippen molar-refractivity contribution in [1.82, 2.24) is 14.5 Å². The zero-order chi connectivity index (χ0) is 11.2. The molecule has 0 fully saturated rings. The van der Waals surface area contributed by atoms with Gasteiger partial charge >= 0.3 is 0 Å². The minimum atomic E-state index is 0.561. The van der Waals surface area contributed by atoms with Crippen molar-refractivity contribution in [2.75, 3.05) is 11.9 Å². The van der Waals surface area contributed by atoms with Crippen LogP contribution in [0.3, 0.4) is 0 Å². The summed E-state index contributed by atoms with van der Waals surface area (Å²) >= 11 is 7.25. The zero-order valence-corrected chi connectivity index (χ0v) is 10.3. The first-order valence-electron chi connectivity index (χ1n) is 5.15. The highest BCUT2D eigenvalue weighted by molar-refractivity contribution is 7.14. The molecule has 0 aromatic carbocycles. The monoisotopic (exact) mass is 256 g/mol. The minimum Gasteiger partial charge on any atom is -0.361 e. The van der Waals surface area contributed by atoms with Gasteiger partial charge in [-0.05, 0) is 12.8 Å². The molecule has 0 aliphatic carbocycles. The largest absolute Gasteiger partial charge is 0.361 e. The third-order valence-corrected chi connectivity index (χ3v) is 3.28. The number of unbranched alkanes of at least 4 members (excludes halogenated alkanes) is 1. The Labute approximate surface area is 103 Å². The van der Waals surface area contributed by atoms with Crippen LogP contribution in [0.2, 0.25) is 5.15 Å².